The molecular weight excluding hydrogens is 286 g/mol. The lowest BCUT2D eigenvalue weighted by atomic mass is 10.0. The highest BCUT2D eigenvalue weighted by molar-refractivity contribution is 6.34. The number of hydrogen-bond acceptors (Lipinski definition) is 2. The zero-order valence-corrected chi connectivity index (χ0v) is 11.4. The third kappa shape index (κ3) is 2.96. The number of methoxy groups -OCH3 is 1. The number of carbonyl (C=O) groups is 1. The molecule has 2 aromatic rings. The zero-order valence-electron chi connectivity index (χ0n) is 10.6. The summed E-state index contributed by atoms with van der Waals surface area (Å²) in [5, 5.41) is 0.214. The summed E-state index contributed by atoms with van der Waals surface area (Å²) in [4.78, 5) is 12.1. The molecule has 0 spiro atoms. The Kier molecular flexibility index (Phi) is 4.35. The molecule has 2 aromatic carbocycles. The van der Waals surface area contributed by atoms with Gasteiger partial charge in [-0.05, 0) is 29.8 Å². The van der Waals surface area contributed by atoms with Crippen molar-refractivity contribution in [3.63, 3.8) is 0 Å². The fourth-order valence-electron chi connectivity index (χ4n) is 1.80. The van der Waals surface area contributed by atoms with E-state index < -0.39 is 11.6 Å². The van der Waals surface area contributed by atoms with Crippen LogP contribution in [0.3, 0.4) is 0 Å². The van der Waals surface area contributed by atoms with Gasteiger partial charge in [-0.1, -0.05) is 23.7 Å². The minimum absolute atomic E-state index is 0.00175. The molecule has 0 aliphatic heterocycles. The van der Waals surface area contributed by atoms with E-state index >= 15 is 0 Å². The van der Waals surface area contributed by atoms with Gasteiger partial charge in [0.05, 0.1) is 12.1 Å². The van der Waals surface area contributed by atoms with Crippen LogP contribution in [0.25, 0.3) is 0 Å². The van der Waals surface area contributed by atoms with Crippen molar-refractivity contribution >= 4 is 17.4 Å². The molecule has 0 N–H and O–H groups in total. The Morgan fingerprint density at radius 1 is 1.25 bits per heavy atom. The SMILES string of the molecule is COc1ccc(C(=O)Cc2cccc(F)c2F)c(Cl)c1. The van der Waals surface area contributed by atoms with Crippen LogP contribution in [-0.4, -0.2) is 12.9 Å². The zero-order chi connectivity index (χ0) is 14.7. The second-order valence-corrected chi connectivity index (χ2v) is 4.57. The maximum absolute atomic E-state index is 13.5. The second kappa shape index (κ2) is 6.01. The van der Waals surface area contributed by atoms with Crippen LogP contribution in [0.5, 0.6) is 5.75 Å². The van der Waals surface area contributed by atoms with Gasteiger partial charge in [0, 0.05) is 12.0 Å². The Bertz CT molecular complexity index is 656. The minimum Gasteiger partial charge on any atom is -0.497 e. The normalized spacial score (nSPS) is 10.4. The van der Waals surface area contributed by atoms with Crippen LogP contribution in [0.15, 0.2) is 36.4 Å². The molecule has 0 amide bonds. The summed E-state index contributed by atoms with van der Waals surface area (Å²) in [6.07, 6.45) is -0.254. The molecule has 0 heterocycles. The van der Waals surface area contributed by atoms with Crippen LogP contribution in [0.1, 0.15) is 15.9 Å². The van der Waals surface area contributed by atoms with Crippen molar-refractivity contribution in [2.24, 2.45) is 0 Å². The average molecular weight is 297 g/mol. The summed E-state index contributed by atoms with van der Waals surface area (Å²) >= 11 is 5.97. The van der Waals surface area contributed by atoms with E-state index in [9.17, 15) is 13.6 Å². The fourth-order valence-corrected chi connectivity index (χ4v) is 2.08. The first-order chi connectivity index (χ1) is 9.52. The van der Waals surface area contributed by atoms with Gasteiger partial charge >= 0.3 is 0 Å². The van der Waals surface area contributed by atoms with Crippen molar-refractivity contribution in [1.82, 2.24) is 0 Å². The van der Waals surface area contributed by atoms with Gasteiger partial charge in [0.2, 0.25) is 0 Å². The summed E-state index contributed by atoms with van der Waals surface area (Å²) in [6.45, 7) is 0. The van der Waals surface area contributed by atoms with E-state index in [1.807, 2.05) is 0 Å². The molecule has 0 unspecified atom stereocenters. The van der Waals surface area contributed by atoms with Crippen molar-refractivity contribution in [1.29, 1.82) is 0 Å². The van der Waals surface area contributed by atoms with E-state index in [4.69, 9.17) is 16.3 Å². The number of hydrogen-bond donors (Lipinski definition) is 0. The summed E-state index contributed by atoms with van der Waals surface area (Å²) in [5.41, 5.74) is 0.248. The predicted octanol–water partition coefficient (Wildman–Crippen LogP) is 4.05. The number of ether oxygens (including phenoxy) is 1. The van der Waals surface area contributed by atoms with Crippen LogP contribution >= 0.6 is 11.6 Å². The number of rotatable bonds is 4. The maximum Gasteiger partial charge on any atom is 0.168 e. The molecule has 2 nitrogen and oxygen atoms in total. The van der Waals surface area contributed by atoms with E-state index in [0.29, 0.717) is 5.75 Å². The third-order valence-corrected chi connectivity index (χ3v) is 3.17. The van der Waals surface area contributed by atoms with Crippen LogP contribution in [0.4, 0.5) is 8.78 Å². The number of carbonyl (C=O) groups excluding carboxylic acids is 1. The summed E-state index contributed by atoms with van der Waals surface area (Å²) < 4.78 is 31.6. The first-order valence-electron chi connectivity index (χ1n) is 5.82. The average Bonchev–Trinajstić information content (AvgIpc) is 2.43. The minimum atomic E-state index is -1.01. The third-order valence-electron chi connectivity index (χ3n) is 2.86. The van der Waals surface area contributed by atoms with Crippen molar-refractivity contribution < 1.29 is 18.3 Å². The van der Waals surface area contributed by atoms with E-state index in [2.05, 4.69) is 0 Å². The monoisotopic (exact) mass is 296 g/mol. The Hall–Kier alpha value is -1.94. The standard InChI is InChI=1S/C15H11ClF2O2/c1-20-10-5-6-11(12(16)8-10)14(19)7-9-3-2-4-13(17)15(9)18/h2-6,8H,7H2,1H3. The largest absolute Gasteiger partial charge is 0.497 e. The van der Waals surface area contributed by atoms with Gasteiger partial charge < -0.3 is 4.74 Å². The Balaban J connectivity index is 2.26. The van der Waals surface area contributed by atoms with E-state index in [1.165, 1.54) is 31.4 Å². The highest BCUT2D eigenvalue weighted by Crippen LogP contribution is 2.24. The van der Waals surface area contributed by atoms with Crippen LogP contribution in [0.2, 0.25) is 5.02 Å². The van der Waals surface area contributed by atoms with Crippen molar-refractivity contribution in [3.05, 3.63) is 64.2 Å². The lowest BCUT2D eigenvalue weighted by molar-refractivity contribution is 0.0992. The number of halogens is 3. The van der Waals surface area contributed by atoms with Gasteiger partial charge in [-0.25, -0.2) is 8.78 Å². The van der Waals surface area contributed by atoms with E-state index in [1.54, 1.807) is 6.07 Å². The van der Waals surface area contributed by atoms with Crippen LogP contribution in [0, 0.1) is 11.6 Å². The first kappa shape index (κ1) is 14.5. The smallest absolute Gasteiger partial charge is 0.168 e. The summed E-state index contributed by atoms with van der Waals surface area (Å²) in [6, 6.07) is 8.31. The molecule has 0 bridgehead atoms. The van der Waals surface area contributed by atoms with Crippen molar-refractivity contribution in [2.45, 2.75) is 6.42 Å². The molecule has 0 radical (unpaired) electrons. The molecule has 0 saturated carbocycles. The highest BCUT2D eigenvalue weighted by atomic mass is 35.5. The van der Waals surface area contributed by atoms with Crippen LogP contribution < -0.4 is 4.74 Å². The molecule has 20 heavy (non-hydrogen) atoms. The van der Waals surface area contributed by atoms with Crippen molar-refractivity contribution in [2.75, 3.05) is 7.11 Å². The fraction of sp³-hybridized carbons (Fsp3) is 0.133. The van der Waals surface area contributed by atoms with E-state index in [-0.39, 0.29) is 28.4 Å². The lowest BCUT2D eigenvalue weighted by Crippen LogP contribution is -2.07. The van der Waals surface area contributed by atoms with Gasteiger partial charge in [-0.2, -0.15) is 0 Å². The van der Waals surface area contributed by atoms with Gasteiger partial charge in [-0.3, -0.25) is 4.79 Å². The molecule has 2 rings (SSSR count). The summed E-state index contributed by atoms with van der Waals surface area (Å²) in [5.74, 6) is -1.85. The molecule has 104 valence electrons. The molecule has 0 fully saturated rings. The molecule has 0 aliphatic rings. The van der Waals surface area contributed by atoms with Gasteiger partial charge in [0.25, 0.3) is 0 Å². The highest BCUT2D eigenvalue weighted by Gasteiger charge is 2.15. The Morgan fingerprint density at radius 2 is 2.00 bits per heavy atom. The second-order valence-electron chi connectivity index (χ2n) is 4.16. The van der Waals surface area contributed by atoms with Gasteiger partial charge in [0.1, 0.15) is 5.75 Å². The first-order valence-corrected chi connectivity index (χ1v) is 6.20. The number of Topliss-reactive ketones (excluding diaryl/α,β-unsaturated/α-hetero) is 1. The van der Waals surface area contributed by atoms with Gasteiger partial charge in [0.15, 0.2) is 17.4 Å². The molecular formula is C15H11ClF2O2. The Labute approximate surface area is 119 Å². The van der Waals surface area contributed by atoms with Crippen molar-refractivity contribution in [3.8, 4) is 5.75 Å². The lowest BCUT2D eigenvalue weighted by Gasteiger charge is -2.07. The summed E-state index contributed by atoms with van der Waals surface area (Å²) in [7, 11) is 1.48. The quantitative estimate of drug-likeness (QED) is 0.796. The molecule has 0 aromatic heterocycles. The van der Waals surface area contributed by atoms with E-state index in [0.717, 1.165) is 6.07 Å². The maximum atomic E-state index is 13.5. The topological polar surface area (TPSA) is 26.3 Å². The molecule has 5 heteroatoms. The van der Waals surface area contributed by atoms with Crippen LogP contribution in [-0.2, 0) is 6.42 Å². The van der Waals surface area contributed by atoms with Gasteiger partial charge in [-0.15, -0.1) is 0 Å². The predicted molar refractivity (Wildman–Crippen MR) is 72.4 cm³/mol. The molecule has 0 saturated heterocycles. The Morgan fingerprint density at radius 3 is 2.65 bits per heavy atom. The molecule has 0 atom stereocenters. The molecule has 0 aliphatic carbocycles. The number of benzene rings is 2. The number of ketones is 1.